The molecule has 0 unspecified atom stereocenters. The fourth-order valence-electron chi connectivity index (χ4n) is 2.94. The summed E-state index contributed by atoms with van der Waals surface area (Å²) in [7, 11) is 1.50. The van der Waals surface area contributed by atoms with E-state index in [4.69, 9.17) is 26.2 Å². The molecule has 9 heteroatoms. The first-order valence-electron chi connectivity index (χ1n) is 9.82. The molecule has 2 N–H and O–H groups in total. The molecule has 0 fully saturated rings. The van der Waals surface area contributed by atoms with Crippen molar-refractivity contribution in [3.05, 3.63) is 91.5 Å². The SMILES string of the molecule is COc1cc(/C=C(\C#N)C(=O)Nc2cccc(C(=O)O)c2)cc(I)c1OCc1ccc(Cl)cc1. The van der Waals surface area contributed by atoms with E-state index in [1.54, 1.807) is 24.3 Å². The molecule has 0 heterocycles. The fourth-order valence-corrected chi connectivity index (χ4v) is 3.85. The molecule has 3 aromatic carbocycles. The van der Waals surface area contributed by atoms with E-state index in [2.05, 4.69) is 27.9 Å². The molecule has 0 aliphatic heterocycles. The summed E-state index contributed by atoms with van der Waals surface area (Å²) >= 11 is 8.01. The molecule has 0 spiro atoms. The lowest BCUT2D eigenvalue weighted by molar-refractivity contribution is -0.112. The number of carboxylic acid groups (broad SMARTS) is 1. The topological polar surface area (TPSA) is 109 Å². The van der Waals surface area contributed by atoms with Gasteiger partial charge in [0.1, 0.15) is 18.2 Å². The molecule has 34 heavy (non-hydrogen) atoms. The van der Waals surface area contributed by atoms with Crippen molar-refractivity contribution in [2.45, 2.75) is 6.61 Å². The molecular weight excluding hydrogens is 571 g/mol. The first-order chi connectivity index (χ1) is 16.3. The number of carbonyl (C=O) groups is 2. The number of ether oxygens (including phenoxy) is 2. The number of nitriles is 1. The zero-order valence-electron chi connectivity index (χ0n) is 17.8. The average molecular weight is 589 g/mol. The van der Waals surface area contributed by atoms with Crippen molar-refractivity contribution >= 4 is 57.8 Å². The number of amides is 1. The Morgan fingerprint density at radius 3 is 2.56 bits per heavy atom. The summed E-state index contributed by atoms with van der Waals surface area (Å²) < 4.78 is 12.1. The molecule has 1 amide bonds. The van der Waals surface area contributed by atoms with Crippen molar-refractivity contribution in [2.75, 3.05) is 12.4 Å². The minimum Gasteiger partial charge on any atom is -0.493 e. The van der Waals surface area contributed by atoms with Gasteiger partial charge < -0.3 is 19.9 Å². The maximum absolute atomic E-state index is 12.6. The van der Waals surface area contributed by atoms with Gasteiger partial charge in [0.2, 0.25) is 0 Å². The number of carbonyl (C=O) groups excluding carboxylic acids is 1. The van der Waals surface area contributed by atoms with E-state index in [0.29, 0.717) is 28.7 Å². The maximum atomic E-state index is 12.6. The van der Waals surface area contributed by atoms with Crippen LogP contribution in [0.4, 0.5) is 5.69 Å². The second kappa shape index (κ2) is 11.5. The van der Waals surface area contributed by atoms with E-state index in [9.17, 15) is 14.9 Å². The van der Waals surface area contributed by atoms with Gasteiger partial charge in [-0.1, -0.05) is 29.8 Å². The molecule has 0 aliphatic rings. The van der Waals surface area contributed by atoms with Crippen molar-refractivity contribution in [1.82, 2.24) is 0 Å². The van der Waals surface area contributed by atoms with Crippen LogP contribution < -0.4 is 14.8 Å². The van der Waals surface area contributed by atoms with Crippen LogP contribution in [-0.4, -0.2) is 24.1 Å². The van der Waals surface area contributed by atoms with Crippen molar-refractivity contribution in [2.24, 2.45) is 0 Å². The number of hydrogen-bond donors (Lipinski definition) is 2. The van der Waals surface area contributed by atoms with Crippen LogP contribution in [0, 0.1) is 14.9 Å². The molecule has 3 aromatic rings. The normalized spacial score (nSPS) is 10.8. The summed E-state index contributed by atoms with van der Waals surface area (Å²) in [5.41, 5.74) is 1.62. The van der Waals surface area contributed by atoms with Crippen molar-refractivity contribution in [1.29, 1.82) is 5.26 Å². The summed E-state index contributed by atoms with van der Waals surface area (Å²) in [5.74, 6) is -0.808. The van der Waals surface area contributed by atoms with Gasteiger partial charge in [-0.15, -0.1) is 0 Å². The molecule has 0 aliphatic carbocycles. The zero-order valence-corrected chi connectivity index (χ0v) is 20.8. The van der Waals surface area contributed by atoms with Crippen LogP contribution in [0.2, 0.25) is 5.02 Å². The van der Waals surface area contributed by atoms with Crippen LogP contribution in [0.1, 0.15) is 21.5 Å². The highest BCUT2D eigenvalue weighted by atomic mass is 127. The second-order valence-electron chi connectivity index (χ2n) is 6.96. The molecule has 3 rings (SSSR count). The number of carboxylic acids is 1. The zero-order chi connectivity index (χ0) is 24.7. The van der Waals surface area contributed by atoms with Gasteiger partial charge in [0.05, 0.1) is 16.2 Å². The Balaban J connectivity index is 1.81. The molecule has 172 valence electrons. The summed E-state index contributed by atoms with van der Waals surface area (Å²) in [6.07, 6.45) is 1.42. The number of aromatic carboxylic acids is 1. The monoisotopic (exact) mass is 588 g/mol. The van der Waals surface area contributed by atoms with E-state index in [1.165, 1.54) is 37.5 Å². The summed E-state index contributed by atoms with van der Waals surface area (Å²) in [6.45, 7) is 0.306. The van der Waals surface area contributed by atoms with Gasteiger partial charge in [-0.3, -0.25) is 4.79 Å². The summed E-state index contributed by atoms with van der Waals surface area (Å²) in [5, 5.41) is 21.8. The minimum absolute atomic E-state index is 0.0220. The molecule has 0 saturated heterocycles. The average Bonchev–Trinajstić information content (AvgIpc) is 2.82. The fraction of sp³-hybridized carbons (Fsp3) is 0.0800. The Hall–Kier alpha value is -3.55. The Kier molecular flexibility index (Phi) is 8.51. The first-order valence-corrected chi connectivity index (χ1v) is 11.3. The lowest BCUT2D eigenvalue weighted by Gasteiger charge is -2.14. The van der Waals surface area contributed by atoms with Gasteiger partial charge in [0.25, 0.3) is 5.91 Å². The first kappa shape index (κ1) is 25.1. The number of nitrogens with zero attached hydrogens (tertiary/aromatic N) is 1. The third-order valence-electron chi connectivity index (χ3n) is 4.59. The number of anilines is 1. The van der Waals surface area contributed by atoms with E-state index in [0.717, 1.165) is 9.13 Å². The van der Waals surface area contributed by atoms with Crippen molar-refractivity contribution in [3.8, 4) is 17.6 Å². The lowest BCUT2D eigenvalue weighted by Crippen LogP contribution is -2.14. The van der Waals surface area contributed by atoms with Crippen LogP contribution in [0.3, 0.4) is 0 Å². The summed E-state index contributed by atoms with van der Waals surface area (Å²) in [6, 6.07) is 18.4. The van der Waals surface area contributed by atoms with E-state index >= 15 is 0 Å². The molecule has 0 saturated carbocycles. The van der Waals surface area contributed by atoms with Gasteiger partial charge >= 0.3 is 5.97 Å². The van der Waals surface area contributed by atoms with E-state index < -0.39 is 11.9 Å². The molecule has 0 radical (unpaired) electrons. The molecular formula is C25H18ClIN2O5. The third kappa shape index (κ3) is 6.50. The predicted molar refractivity (Wildman–Crippen MR) is 137 cm³/mol. The van der Waals surface area contributed by atoms with Crippen LogP contribution in [0.15, 0.2) is 66.2 Å². The molecule has 0 aromatic heterocycles. The van der Waals surface area contributed by atoms with Gasteiger partial charge in [0, 0.05) is 10.7 Å². The predicted octanol–water partition coefficient (Wildman–Crippen LogP) is 5.78. The maximum Gasteiger partial charge on any atom is 0.335 e. The Morgan fingerprint density at radius 2 is 1.91 bits per heavy atom. The van der Waals surface area contributed by atoms with Crippen LogP contribution >= 0.6 is 34.2 Å². The Labute approximate surface area is 214 Å². The number of hydrogen-bond acceptors (Lipinski definition) is 5. The van der Waals surface area contributed by atoms with E-state index in [-0.39, 0.29) is 16.8 Å². The number of halogens is 2. The lowest BCUT2D eigenvalue weighted by atomic mass is 10.1. The highest BCUT2D eigenvalue weighted by Crippen LogP contribution is 2.35. The van der Waals surface area contributed by atoms with Gasteiger partial charge in [-0.2, -0.15) is 5.26 Å². The highest BCUT2D eigenvalue weighted by molar-refractivity contribution is 14.1. The second-order valence-corrected chi connectivity index (χ2v) is 8.56. The van der Waals surface area contributed by atoms with Crippen molar-refractivity contribution in [3.63, 3.8) is 0 Å². The summed E-state index contributed by atoms with van der Waals surface area (Å²) in [4.78, 5) is 23.7. The third-order valence-corrected chi connectivity index (χ3v) is 5.64. The molecule has 0 bridgehead atoms. The van der Waals surface area contributed by atoms with Gasteiger partial charge in [-0.05, 0) is 82.3 Å². The van der Waals surface area contributed by atoms with Gasteiger partial charge in [-0.25, -0.2) is 4.79 Å². The van der Waals surface area contributed by atoms with Crippen LogP contribution in [0.5, 0.6) is 11.5 Å². The molecule has 0 atom stereocenters. The van der Waals surface area contributed by atoms with E-state index in [1.807, 2.05) is 18.2 Å². The highest BCUT2D eigenvalue weighted by Gasteiger charge is 2.15. The Bertz CT molecular complexity index is 1300. The van der Waals surface area contributed by atoms with Gasteiger partial charge in [0.15, 0.2) is 11.5 Å². The number of benzene rings is 3. The quantitative estimate of drug-likeness (QED) is 0.196. The smallest absolute Gasteiger partial charge is 0.335 e. The minimum atomic E-state index is -1.12. The van der Waals surface area contributed by atoms with Crippen LogP contribution in [-0.2, 0) is 11.4 Å². The number of methoxy groups -OCH3 is 1. The van der Waals surface area contributed by atoms with Crippen molar-refractivity contribution < 1.29 is 24.2 Å². The van der Waals surface area contributed by atoms with Crippen LogP contribution in [0.25, 0.3) is 6.08 Å². The molecule has 7 nitrogen and oxygen atoms in total. The standard InChI is InChI=1S/C25H18ClIN2O5/c1-33-22-11-16(10-21(27)23(22)34-14-15-5-7-19(26)8-6-15)9-18(13-28)24(30)29-20-4-2-3-17(12-20)25(31)32/h2-12H,14H2,1H3,(H,29,30)(H,31,32)/b18-9+. The number of rotatable bonds is 8. The largest absolute Gasteiger partial charge is 0.493 e. The Morgan fingerprint density at radius 1 is 1.18 bits per heavy atom. The number of nitrogens with one attached hydrogen (secondary N) is 1.